The normalized spacial score (nSPS) is 10.6. The molecule has 0 radical (unpaired) electrons. The van der Waals surface area contributed by atoms with E-state index in [1.807, 2.05) is 0 Å². The second kappa shape index (κ2) is 10.4. The molecule has 3 rings (SSSR count). The second-order valence-electron chi connectivity index (χ2n) is 6.52. The quantitative estimate of drug-likeness (QED) is 0.335. The molecule has 31 heavy (non-hydrogen) atoms. The first-order chi connectivity index (χ1) is 14.8. The molecule has 1 amide bonds. The van der Waals surface area contributed by atoms with Crippen LogP contribution in [0.25, 0.3) is 0 Å². The Labute approximate surface area is 200 Å². The van der Waals surface area contributed by atoms with Crippen molar-refractivity contribution in [1.29, 1.82) is 0 Å². The van der Waals surface area contributed by atoms with Crippen molar-refractivity contribution in [2.24, 2.45) is 0 Å². The van der Waals surface area contributed by atoms with Crippen LogP contribution in [0.15, 0.2) is 60.7 Å². The second-order valence-corrected chi connectivity index (χ2v) is 8.21. The highest BCUT2D eigenvalue weighted by atomic mass is 35.5. The number of hydrogen-bond acceptors (Lipinski definition) is 3. The molecule has 0 N–H and O–H groups in total. The van der Waals surface area contributed by atoms with Crippen molar-refractivity contribution in [3.05, 3.63) is 97.4 Å². The topological polar surface area (TPSA) is 46.6 Å². The number of halogens is 4. The maximum atomic E-state index is 13.4. The summed E-state index contributed by atoms with van der Waals surface area (Å²) in [7, 11) is 0. The van der Waals surface area contributed by atoms with Gasteiger partial charge in [0, 0.05) is 20.8 Å². The molecule has 0 fully saturated rings. The Balaban J connectivity index is 2.01. The number of amides is 1. The molecule has 160 valence electrons. The lowest BCUT2D eigenvalue weighted by molar-refractivity contribution is 0.0526. The van der Waals surface area contributed by atoms with Crippen LogP contribution in [0.4, 0.5) is 5.69 Å². The van der Waals surface area contributed by atoms with Crippen molar-refractivity contribution in [1.82, 2.24) is 0 Å². The zero-order valence-electron chi connectivity index (χ0n) is 16.4. The molecule has 0 heterocycles. The zero-order chi connectivity index (χ0) is 22.5. The van der Waals surface area contributed by atoms with E-state index in [9.17, 15) is 9.59 Å². The van der Waals surface area contributed by atoms with Gasteiger partial charge in [-0.3, -0.25) is 4.79 Å². The Morgan fingerprint density at radius 1 is 0.839 bits per heavy atom. The van der Waals surface area contributed by atoms with Crippen LogP contribution in [0, 0.1) is 0 Å². The fraction of sp³-hybridized carbons (Fsp3) is 0.130. The summed E-state index contributed by atoms with van der Waals surface area (Å²) in [5.74, 6) is -0.787. The third-order valence-electron chi connectivity index (χ3n) is 4.44. The van der Waals surface area contributed by atoms with Crippen molar-refractivity contribution in [3.8, 4) is 0 Å². The maximum Gasteiger partial charge on any atom is 0.338 e. The summed E-state index contributed by atoms with van der Waals surface area (Å²) in [4.78, 5) is 26.9. The molecule has 8 heteroatoms. The number of hydrogen-bond donors (Lipinski definition) is 0. The Morgan fingerprint density at radius 3 is 2.03 bits per heavy atom. The monoisotopic (exact) mass is 495 g/mol. The van der Waals surface area contributed by atoms with Crippen LogP contribution >= 0.6 is 46.4 Å². The number of carbonyl (C=O) groups is 2. The average molecular weight is 497 g/mol. The number of benzene rings is 3. The van der Waals surface area contributed by atoms with E-state index in [1.165, 1.54) is 11.0 Å². The maximum absolute atomic E-state index is 13.4. The van der Waals surface area contributed by atoms with Gasteiger partial charge in [0.15, 0.2) is 0 Å². The summed E-state index contributed by atoms with van der Waals surface area (Å²) in [6.07, 6.45) is 0. The molecule has 0 aliphatic carbocycles. The lowest BCUT2D eigenvalue weighted by Crippen LogP contribution is -2.30. The number of esters is 1. The average Bonchev–Trinajstić information content (AvgIpc) is 2.73. The SMILES string of the molecule is CCOC(=O)c1ccc(N(Cc2ccc(Cl)cc2Cl)C(=O)c2ccc(Cl)cc2Cl)cc1. The fourth-order valence-corrected chi connectivity index (χ4v) is 3.86. The largest absolute Gasteiger partial charge is 0.462 e. The van der Waals surface area contributed by atoms with Crippen LogP contribution in [-0.2, 0) is 11.3 Å². The number of nitrogens with zero attached hydrogens (tertiary/aromatic N) is 1. The van der Waals surface area contributed by atoms with Crippen LogP contribution in [-0.4, -0.2) is 18.5 Å². The van der Waals surface area contributed by atoms with Crippen molar-refractivity contribution in [2.75, 3.05) is 11.5 Å². The highest BCUT2D eigenvalue weighted by Crippen LogP contribution is 2.29. The highest BCUT2D eigenvalue weighted by Gasteiger charge is 2.22. The van der Waals surface area contributed by atoms with E-state index in [4.69, 9.17) is 51.1 Å². The van der Waals surface area contributed by atoms with Gasteiger partial charge in [-0.25, -0.2) is 4.79 Å². The molecule has 0 saturated carbocycles. The van der Waals surface area contributed by atoms with Gasteiger partial charge in [0.25, 0.3) is 5.91 Å². The Kier molecular flexibility index (Phi) is 7.84. The number of ether oxygens (including phenoxy) is 1. The summed E-state index contributed by atoms with van der Waals surface area (Å²) in [5, 5.41) is 1.57. The molecule has 0 spiro atoms. The third-order valence-corrected chi connectivity index (χ3v) is 5.58. The zero-order valence-corrected chi connectivity index (χ0v) is 19.4. The minimum Gasteiger partial charge on any atom is -0.462 e. The highest BCUT2D eigenvalue weighted by molar-refractivity contribution is 6.37. The lowest BCUT2D eigenvalue weighted by Gasteiger charge is -2.24. The van der Waals surface area contributed by atoms with Gasteiger partial charge < -0.3 is 9.64 Å². The first kappa shape index (κ1) is 23.4. The third kappa shape index (κ3) is 5.72. The van der Waals surface area contributed by atoms with Gasteiger partial charge in [0.05, 0.1) is 29.3 Å². The van der Waals surface area contributed by atoms with Crippen LogP contribution in [0.3, 0.4) is 0 Å². The molecule has 0 aliphatic rings. The van der Waals surface area contributed by atoms with Crippen molar-refractivity contribution in [2.45, 2.75) is 13.5 Å². The molecular formula is C23H17Cl4NO3. The van der Waals surface area contributed by atoms with Crippen molar-refractivity contribution < 1.29 is 14.3 Å². The van der Waals surface area contributed by atoms with E-state index < -0.39 is 5.97 Å². The standard InChI is InChI=1S/C23H17Cl4NO3/c1-2-31-23(30)14-4-8-18(9-5-14)28(13-15-3-6-16(24)11-20(15)26)22(29)19-10-7-17(25)12-21(19)27/h3-12H,2,13H2,1H3. The summed E-state index contributed by atoms with van der Waals surface area (Å²) in [6, 6.07) is 16.3. The van der Waals surface area contributed by atoms with Crippen LogP contribution in [0.5, 0.6) is 0 Å². The number of carbonyl (C=O) groups excluding carboxylic acids is 2. The summed E-state index contributed by atoms with van der Waals surface area (Å²) >= 11 is 24.6. The van der Waals surface area contributed by atoms with E-state index >= 15 is 0 Å². The summed E-state index contributed by atoms with van der Waals surface area (Å²) < 4.78 is 5.02. The van der Waals surface area contributed by atoms with Gasteiger partial charge >= 0.3 is 5.97 Å². The minimum absolute atomic E-state index is 0.159. The molecule has 4 nitrogen and oxygen atoms in total. The molecule has 3 aromatic rings. The van der Waals surface area contributed by atoms with Crippen molar-refractivity contribution in [3.63, 3.8) is 0 Å². The number of anilines is 1. The van der Waals surface area contributed by atoms with Gasteiger partial charge in [0.1, 0.15) is 0 Å². The predicted octanol–water partition coefficient (Wildman–Crippen LogP) is 7.32. The molecule has 0 bridgehead atoms. The van der Waals surface area contributed by atoms with E-state index in [2.05, 4.69) is 0 Å². The summed E-state index contributed by atoms with van der Waals surface area (Å²) in [6.45, 7) is 2.17. The van der Waals surface area contributed by atoms with Gasteiger partial charge in [-0.2, -0.15) is 0 Å². The Morgan fingerprint density at radius 2 is 1.45 bits per heavy atom. The Bertz CT molecular complexity index is 1120. The first-order valence-electron chi connectivity index (χ1n) is 9.28. The van der Waals surface area contributed by atoms with Crippen LogP contribution in [0.1, 0.15) is 33.2 Å². The van der Waals surface area contributed by atoms with E-state index in [-0.39, 0.29) is 29.6 Å². The molecule has 0 saturated heterocycles. The molecule has 0 aliphatic heterocycles. The fourth-order valence-electron chi connectivity index (χ4n) is 2.90. The van der Waals surface area contributed by atoms with Gasteiger partial charge in [-0.15, -0.1) is 0 Å². The Hall–Kier alpha value is -2.24. The predicted molar refractivity (Wildman–Crippen MR) is 126 cm³/mol. The van der Waals surface area contributed by atoms with Gasteiger partial charge in [-0.1, -0.05) is 52.5 Å². The van der Waals surface area contributed by atoms with Crippen molar-refractivity contribution >= 4 is 64.0 Å². The molecular weight excluding hydrogens is 480 g/mol. The van der Waals surface area contributed by atoms with Crippen LogP contribution < -0.4 is 4.90 Å². The molecule has 0 atom stereocenters. The number of rotatable bonds is 6. The van der Waals surface area contributed by atoms with E-state index in [0.29, 0.717) is 31.9 Å². The van der Waals surface area contributed by atoms with Crippen LogP contribution in [0.2, 0.25) is 20.1 Å². The first-order valence-corrected chi connectivity index (χ1v) is 10.8. The van der Waals surface area contributed by atoms with Gasteiger partial charge in [0.2, 0.25) is 0 Å². The molecule has 3 aromatic carbocycles. The molecule has 0 aromatic heterocycles. The van der Waals surface area contributed by atoms with E-state index in [1.54, 1.807) is 61.5 Å². The molecule has 0 unspecified atom stereocenters. The lowest BCUT2D eigenvalue weighted by atomic mass is 10.1. The van der Waals surface area contributed by atoms with Gasteiger partial charge in [-0.05, 0) is 67.1 Å². The van der Waals surface area contributed by atoms with E-state index in [0.717, 1.165) is 0 Å². The minimum atomic E-state index is -0.437. The smallest absolute Gasteiger partial charge is 0.338 e. The summed E-state index contributed by atoms with van der Waals surface area (Å²) in [5.41, 5.74) is 1.91.